The number of ether oxygens (including phenoxy) is 1. The molecule has 70 valence electrons. The molecule has 2 nitrogen and oxygen atoms in total. The smallest absolute Gasteiger partial charge is 0.190 e. The van der Waals surface area contributed by atoms with E-state index in [0.29, 0.717) is 11.0 Å². The second-order valence-electron chi connectivity index (χ2n) is 3.12. The molecule has 0 atom stereocenters. The molecular weight excluding hydrogens is 182 g/mol. The molecule has 0 unspecified atom stereocenters. The average Bonchev–Trinajstić information content (AvgIpc) is 2.17. The Morgan fingerprint density at radius 2 is 2.23 bits per heavy atom. The van der Waals surface area contributed by atoms with Crippen molar-refractivity contribution in [3.05, 3.63) is 29.6 Å². The second-order valence-corrected chi connectivity index (χ2v) is 3.49. The minimum Gasteiger partial charge on any atom is -0.486 e. The summed E-state index contributed by atoms with van der Waals surface area (Å²) in [4.78, 5) is 4.24. The van der Waals surface area contributed by atoms with E-state index in [1.165, 1.54) is 0 Å². The molecule has 0 aliphatic rings. The largest absolute Gasteiger partial charge is 0.486 e. The molecule has 0 spiro atoms. The van der Waals surface area contributed by atoms with E-state index in [1.54, 1.807) is 13.3 Å². The Labute approximate surface area is 83.9 Å². The van der Waals surface area contributed by atoms with Gasteiger partial charge in [0.1, 0.15) is 0 Å². The highest BCUT2D eigenvalue weighted by Gasteiger charge is 2.04. The lowest BCUT2D eigenvalue weighted by atomic mass is 10.1. The minimum absolute atomic E-state index is 0.416. The van der Waals surface area contributed by atoms with Gasteiger partial charge >= 0.3 is 0 Å². The van der Waals surface area contributed by atoms with Crippen LogP contribution < -0.4 is 0 Å². The van der Waals surface area contributed by atoms with Crippen LogP contribution in [0.3, 0.4) is 0 Å². The third kappa shape index (κ3) is 2.49. The monoisotopic (exact) mass is 195 g/mol. The van der Waals surface area contributed by atoms with E-state index in [-0.39, 0.29) is 0 Å². The summed E-state index contributed by atoms with van der Waals surface area (Å²) in [5.74, 6) is 0.416. The van der Waals surface area contributed by atoms with Crippen LogP contribution in [0.25, 0.3) is 0 Å². The van der Waals surface area contributed by atoms with Gasteiger partial charge in [0.2, 0.25) is 0 Å². The van der Waals surface area contributed by atoms with Crippen molar-refractivity contribution in [2.24, 2.45) is 0 Å². The van der Waals surface area contributed by atoms with Gasteiger partial charge in [-0.3, -0.25) is 4.98 Å². The van der Waals surface area contributed by atoms with Gasteiger partial charge in [0, 0.05) is 17.5 Å². The number of hydrogen-bond donors (Lipinski definition) is 0. The Morgan fingerprint density at radius 1 is 1.54 bits per heavy atom. The van der Waals surface area contributed by atoms with Gasteiger partial charge in [-0.1, -0.05) is 13.8 Å². The lowest BCUT2D eigenvalue weighted by molar-refractivity contribution is 0.416. The fraction of sp³-hybridized carbons (Fsp3) is 0.400. The van der Waals surface area contributed by atoms with E-state index >= 15 is 0 Å². The maximum atomic E-state index is 5.02. The Bertz CT molecular complexity index is 310. The number of nitrogens with zero attached hydrogens (tertiary/aromatic N) is 1. The Kier molecular flexibility index (Phi) is 3.37. The van der Waals surface area contributed by atoms with Gasteiger partial charge in [0.05, 0.1) is 7.11 Å². The van der Waals surface area contributed by atoms with Crippen LogP contribution in [0.2, 0.25) is 0 Å². The molecule has 0 radical (unpaired) electrons. The molecule has 0 fully saturated rings. The summed E-state index contributed by atoms with van der Waals surface area (Å²) in [6.07, 6.45) is 1.76. The van der Waals surface area contributed by atoms with Gasteiger partial charge in [-0.05, 0) is 30.3 Å². The van der Waals surface area contributed by atoms with Crippen LogP contribution in [0.1, 0.15) is 31.0 Å². The zero-order valence-electron chi connectivity index (χ0n) is 8.07. The molecule has 1 aromatic rings. The summed E-state index contributed by atoms with van der Waals surface area (Å²) in [7, 11) is 1.58. The van der Waals surface area contributed by atoms with Crippen molar-refractivity contribution >= 4 is 17.3 Å². The zero-order valence-corrected chi connectivity index (χ0v) is 8.89. The average molecular weight is 195 g/mol. The molecule has 1 rings (SSSR count). The summed E-state index contributed by atoms with van der Waals surface area (Å²) in [5, 5.41) is 0.518. The fourth-order valence-electron chi connectivity index (χ4n) is 1.01. The molecule has 0 saturated carbocycles. The number of aromatic nitrogens is 1. The molecule has 0 aliphatic carbocycles. The molecular formula is C10H13NOS. The number of methoxy groups -OCH3 is 1. The molecule has 0 N–H and O–H groups in total. The van der Waals surface area contributed by atoms with Gasteiger partial charge in [0.15, 0.2) is 5.05 Å². The van der Waals surface area contributed by atoms with E-state index < -0.39 is 0 Å². The Hall–Kier alpha value is -0.960. The van der Waals surface area contributed by atoms with E-state index in [1.807, 2.05) is 12.1 Å². The highest BCUT2D eigenvalue weighted by molar-refractivity contribution is 7.80. The van der Waals surface area contributed by atoms with Crippen molar-refractivity contribution in [2.45, 2.75) is 19.8 Å². The normalized spacial score (nSPS) is 10.2. The first-order valence-electron chi connectivity index (χ1n) is 4.19. The van der Waals surface area contributed by atoms with Crippen LogP contribution in [-0.4, -0.2) is 17.1 Å². The molecule has 0 aromatic carbocycles. The van der Waals surface area contributed by atoms with Crippen molar-refractivity contribution in [1.82, 2.24) is 4.98 Å². The van der Waals surface area contributed by atoms with Crippen LogP contribution in [0.15, 0.2) is 18.3 Å². The van der Waals surface area contributed by atoms with Gasteiger partial charge in [-0.25, -0.2) is 0 Å². The molecule has 0 aliphatic heterocycles. The van der Waals surface area contributed by atoms with Crippen molar-refractivity contribution in [1.29, 1.82) is 0 Å². The van der Waals surface area contributed by atoms with Gasteiger partial charge in [-0.15, -0.1) is 0 Å². The van der Waals surface area contributed by atoms with E-state index in [2.05, 4.69) is 18.8 Å². The molecule has 1 heterocycles. The van der Waals surface area contributed by atoms with Crippen molar-refractivity contribution in [3.63, 3.8) is 0 Å². The van der Waals surface area contributed by atoms with Crippen molar-refractivity contribution in [3.8, 4) is 0 Å². The summed E-state index contributed by atoms with van der Waals surface area (Å²) in [5.41, 5.74) is 1.97. The number of pyridine rings is 1. The van der Waals surface area contributed by atoms with Crippen LogP contribution in [0.5, 0.6) is 0 Å². The first-order chi connectivity index (χ1) is 6.15. The maximum Gasteiger partial charge on any atom is 0.190 e. The van der Waals surface area contributed by atoms with Gasteiger partial charge in [0.25, 0.3) is 0 Å². The molecule has 0 amide bonds. The summed E-state index contributed by atoms with van der Waals surface area (Å²) >= 11 is 5.02. The first kappa shape index (κ1) is 10.1. The van der Waals surface area contributed by atoms with Gasteiger partial charge in [-0.2, -0.15) is 0 Å². The van der Waals surface area contributed by atoms with Crippen LogP contribution in [-0.2, 0) is 4.74 Å². The van der Waals surface area contributed by atoms with E-state index in [0.717, 1.165) is 11.3 Å². The minimum atomic E-state index is 0.416. The summed E-state index contributed by atoms with van der Waals surface area (Å²) < 4.78 is 4.97. The van der Waals surface area contributed by atoms with Crippen molar-refractivity contribution in [2.75, 3.05) is 7.11 Å². The molecule has 0 bridgehead atoms. The maximum absolute atomic E-state index is 5.02. The Balaban J connectivity index is 2.98. The van der Waals surface area contributed by atoms with E-state index in [4.69, 9.17) is 17.0 Å². The number of rotatable bonds is 2. The first-order valence-corrected chi connectivity index (χ1v) is 4.60. The highest BCUT2D eigenvalue weighted by Crippen LogP contribution is 2.13. The molecule has 0 saturated heterocycles. The lowest BCUT2D eigenvalue weighted by Crippen LogP contribution is -2.02. The standard InChI is InChI=1S/C10H13NOS/c1-7(2)9-6-8(4-5-11-9)10(13)12-3/h4-7H,1-3H3. The van der Waals surface area contributed by atoms with Gasteiger partial charge < -0.3 is 4.74 Å². The summed E-state index contributed by atoms with van der Waals surface area (Å²) in [6.45, 7) is 4.20. The third-order valence-electron chi connectivity index (χ3n) is 1.79. The second kappa shape index (κ2) is 4.33. The fourth-order valence-corrected chi connectivity index (χ4v) is 1.14. The molecule has 3 heteroatoms. The number of hydrogen-bond acceptors (Lipinski definition) is 3. The molecule has 1 aromatic heterocycles. The van der Waals surface area contributed by atoms with Crippen molar-refractivity contribution < 1.29 is 4.74 Å². The lowest BCUT2D eigenvalue weighted by Gasteiger charge is -2.06. The third-order valence-corrected chi connectivity index (χ3v) is 2.20. The van der Waals surface area contributed by atoms with Crippen LogP contribution in [0, 0.1) is 0 Å². The predicted octanol–water partition coefficient (Wildman–Crippen LogP) is 2.53. The van der Waals surface area contributed by atoms with Crippen LogP contribution in [0.4, 0.5) is 0 Å². The Morgan fingerprint density at radius 3 is 2.77 bits per heavy atom. The zero-order chi connectivity index (χ0) is 9.84. The highest BCUT2D eigenvalue weighted by atomic mass is 32.1. The van der Waals surface area contributed by atoms with E-state index in [9.17, 15) is 0 Å². The summed E-state index contributed by atoms with van der Waals surface area (Å²) in [6, 6.07) is 3.83. The molecule has 13 heavy (non-hydrogen) atoms. The van der Waals surface area contributed by atoms with Crippen LogP contribution >= 0.6 is 12.2 Å². The SMILES string of the molecule is COC(=S)c1ccnc(C(C)C)c1. The topological polar surface area (TPSA) is 22.1 Å². The number of thiocarbonyl (C=S) groups is 1. The quantitative estimate of drug-likeness (QED) is 0.677. The predicted molar refractivity (Wildman–Crippen MR) is 57.0 cm³/mol.